The van der Waals surface area contributed by atoms with E-state index in [9.17, 15) is 9.59 Å². The van der Waals surface area contributed by atoms with Crippen molar-refractivity contribution in [3.05, 3.63) is 58.7 Å². The molecule has 3 aromatic rings. The van der Waals surface area contributed by atoms with Gasteiger partial charge in [-0.25, -0.2) is 4.98 Å². The lowest BCUT2D eigenvalue weighted by Crippen LogP contribution is -2.30. The molecule has 2 aromatic heterocycles. The van der Waals surface area contributed by atoms with Gasteiger partial charge in [0.25, 0.3) is 5.56 Å². The lowest BCUT2D eigenvalue weighted by Gasteiger charge is -2.17. The van der Waals surface area contributed by atoms with Crippen LogP contribution >= 0.6 is 23.1 Å². The monoisotopic (exact) mass is 427 g/mol. The van der Waals surface area contributed by atoms with Gasteiger partial charge in [0.2, 0.25) is 5.91 Å². The average Bonchev–Trinajstić information content (AvgIpc) is 3.17. The molecule has 0 saturated carbocycles. The van der Waals surface area contributed by atoms with E-state index >= 15 is 0 Å². The molecule has 1 amide bonds. The number of hydrogen-bond donors (Lipinski definition) is 0. The first-order valence-electron chi connectivity index (χ1n) is 9.62. The number of allylic oxidation sites excluding steroid dienone is 1. The number of aromatic nitrogens is 2. The second-order valence-electron chi connectivity index (χ2n) is 6.75. The number of fused-ring (bicyclic) bond motifs is 1. The van der Waals surface area contributed by atoms with Crippen molar-refractivity contribution < 1.29 is 4.79 Å². The summed E-state index contributed by atoms with van der Waals surface area (Å²) in [6.45, 7) is 6.97. The molecule has 0 atom stereocenters. The standard InChI is InChI=1S/C22H25N3O2S2/c1-4-6-13-24(3)18(26)15-29-22-23-20-19(21(27)25(22)12-5-2)17(14-28-20)16-10-8-7-9-11-16/h5,7-11,14H,2,4,6,12-13,15H2,1,3H3. The third kappa shape index (κ3) is 4.79. The molecule has 7 heteroatoms. The smallest absolute Gasteiger partial charge is 0.263 e. The van der Waals surface area contributed by atoms with Crippen LogP contribution in [0.4, 0.5) is 0 Å². The number of rotatable bonds is 9. The minimum Gasteiger partial charge on any atom is -0.345 e. The summed E-state index contributed by atoms with van der Waals surface area (Å²) in [5.74, 6) is 0.297. The Balaban J connectivity index is 1.94. The minimum atomic E-state index is -0.0933. The fraction of sp³-hybridized carbons (Fsp3) is 0.318. The fourth-order valence-electron chi connectivity index (χ4n) is 2.99. The third-order valence-electron chi connectivity index (χ3n) is 4.65. The Hall–Kier alpha value is -2.38. The number of unbranched alkanes of at least 4 members (excludes halogenated alkanes) is 1. The van der Waals surface area contributed by atoms with Crippen molar-refractivity contribution in [3.8, 4) is 11.1 Å². The largest absolute Gasteiger partial charge is 0.345 e. The van der Waals surface area contributed by atoms with Crippen molar-refractivity contribution in [1.82, 2.24) is 14.5 Å². The Bertz CT molecular complexity index is 1060. The van der Waals surface area contributed by atoms with E-state index in [1.54, 1.807) is 15.5 Å². The van der Waals surface area contributed by atoms with Crippen LogP contribution in [0.2, 0.25) is 0 Å². The first-order valence-corrected chi connectivity index (χ1v) is 11.5. The first-order chi connectivity index (χ1) is 14.1. The summed E-state index contributed by atoms with van der Waals surface area (Å²) in [5.41, 5.74) is 1.80. The van der Waals surface area contributed by atoms with E-state index in [1.165, 1.54) is 23.1 Å². The Kier molecular flexibility index (Phi) is 7.28. The molecule has 0 saturated heterocycles. The van der Waals surface area contributed by atoms with E-state index in [-0.39, 0.29) is 17.2 Å². The van der Waals surface area contributed by atoms with Crippen molar-refractivity contribution >= 4 is 39.2 Å². The maximum Gasteiger partial charge on any atom is 0.263 e. The molecular weight excluding hydrogens is 402 g/mol. The molecule has 0 fully saturated rings. The normalized spacial score (nSPS) is 11.0. The lowest BCUT2D eigenvalue weighted by atomic mass is 10.1. The number of hydrogen-bond acceptors (Lipinski definition) is 5. The Morgan fingerprint density at radius 2 is 2.10 bits per heavy atom. The molecule has 29 heavy (non-hydrogen) atoms. The van der Waals surface area contributed by atoms with E-state index in [0.717, 1.165) is 30.5 Å². The Labute approximate surface area is 179 Å². The zero-order chi connectivity index (χ0) is 20.8. The van der Waals surface area contributed by atoms with E-state index in [4.69, 9.17) is 4.98 Å². The van der Waals surface area contributed by atoms with Crippen molar-refractivity contribution in [2.75, 3.05) is 19.3 Å². The number of thiophene rings is 1. The van der Waals surface area contributed by atoms with Gasteiger partial charge in [0.15, 0.2) is 5.16 Å². The number of carbonyl (C=O) groups excluding carboxylic acids is 1. The van der Waals surface area contributed by atoms with Gasteiger partial charge in [-0.05, 0) is 12.0 Å². The second-order valence-corrected chi connectivity index (χ2v) is 8.55. The highest BCUT2D eigenvalue weighted by molar-refractivity contribution is 7.99. The molecule has 0 bridgehead atoms. The molecule has 3 rings (SSSR count). The van der Waals surface area contributed by atoms with Crippen LogP contribution in [-0.2, 0) is 11.3 Å². The summed E-state index contributed by atoms with van der Waals surface area (Å²) in [4.78, 5) is 32.8. The zero-order valence-corrected chi connectivity index (χ0v) is 18.4. The summed E-state index contributed by atoms with van der Waals surface area (Å²) in [6.07, 6.45) is 3.71. The number of benzene rings is 1. The van der Waals surface area contributed by atoms with Gasteiger partial charge in [-0.15, -0.1) is 17.9 Å². The van der Waals surface area contributed by atoms with Crippen LogP contribution in [0.3, 0.4) is 0 Å². The Morgan fingerprint density at radius 1 is 1.34 bits per heavy atom. The van der Waals surface area contributed by atoms with Crippen molar-refractivity contribution in [2.24, 2.45) is 0 Å². The van der Waals surface area contributed by atoms with Gasteiger partial charge in [-0.1, -0.05) is 61.5 Å². The van der Waals surface area contributed by atoms with Crippen molar-refractivity contribution in [2.45, 2.75) is 31.5 Å². The quantitative estimate of drug-likeness (QED) is 0.283. The molecule has 2 heterocycles. The van der Waals surface area contributed by atoms with E-state index < -0.39 is 0 Å². The van der Waals surface area contributed by atoms with Crippen molar-refractivity contribution in [3.63, 3.8) is 0 Å². The molecule has 1 aromatic carbocycles. The summed E-state index contributed by atoms with van der Waals surface area (Å²) < 4.78 is 1.61. The van der Waals surface area contributed by atoms with Crippen LogP contribution in [0.15, 0.2) is 58.3 Å². The van der Waals surface area contributed by atoms with Crippen LogP contribution < -0.4 is 5.56 Å². The number of nitrogens with zero attached hydrogens (tertiary/aromatic N) is 3. The van der Waals surface area contributed by atoms with Gasteiger partial charge in [0, 0.05) is 31.1 Å². The van der Waals surface area contributed by atoms with Crippen LogP contribution in [0.1, 0.15) is 19.8 Å². The van der Waals surface area contributed by atoms with E-state index in [2.05, 4.69) is 13.5 Å². The predicted molar refractivity (Wildman–Crippen MR) is 123 cm³/mol. The minimum absolute atomic E-state index is 0.0408. The van der Waals surface area contributed by atoms with Gasteiger partial charge >= 0.3 is 0 Å². The molecule has 0 aliphatic heterocycles. The van der Waals surface area contributed by atoms with Gasteiger partial charge in [-0.2, -0.15) is 0 Å². The number of amides is 1. The highest BCUT2D eigenvalue weighted by Gasteiger charge is 2.18. The van der Waals surface area contributed by atoms with Crippen LogP contribution in [0.25, 0.3) is 21.3 Å². The predicted octanol–water partition coefficient (Wildman–Crippen LogP) is 4.66. The molecular formula is C22H25N3O2S2. The van der Waals surface area contributed by atoms with E-state index in [0.29, 0.717) is 21.9 Å². The summed E-state index contributed by atoms with van der Waals surface area (Å²) >= 11 is 2.77. The van der Waals surface area contributed by atoms with Crippen LogP contribution in [0.5, 0.6) is 0 Å². The van der Waals surface area contributed by atoms with E-state index in [1.807, 2.05) is 42.8 Å². The van der Waals surface area contributed by atoms with Gasteiger partial charge < -0.3 is 4.90 Å². The molecule has 0 radical (unpaired) electrons. The van der Waals surface area contributed by atoms with Gasteiger partial charge in [0.05, 0.1) is 11.1 Å². The Morgan fingerprint density at radius 3 is 2.79 bits per heavy atom. The summed E-state index contributed by atoms with van der Waals surface area (Å²) in [5, 5.41) is 3.16. The van der Waals surface area contributed by atoms with Gasteiger partial charge in [0.1, 0.15) is 4.83 Å². The topological polar surface area (TPSA) is 55.2 Å². The maximum atomic E-state index is 13.3. The fourth-order valence-corrected chi connectivity index (χ4v) is 4.93. The second kappa shape index (κ2) is 9.89. The van der Waals surface area contributed by atoms with Crippen LogP contribution in [-0.4, -0.2) is 39.7 Å². The van der Waals surface area contributed by atoms with Crippen molar-refractivity contribution in [1.29, 1.82) is 0 Å². The third-order valence-corrected chi connectivity index (χ3v) is 6.49. The summed E-state index contributed by atoms with van der Waals surface area (Å²) in [7, 11) is 1.82. The molecule has 0 unspecified atom stereocenters. The molecule has 0 aliphatic carbocycles. The number of thioether (sulfide) groups is 1. The molecule has 0 spiro atoms. The molecule has 0 aliphatic rings. The lowest BCUT2D eigenvalue weighted by molar-refractivity contribution is -0.127. The molecule has 152 valence electrons. The van der Waals surface area contributed by atoms with Gasteiger partial charge in [-0.3, -0.25) is 14.2 Å². The zero-order valence-electron chi connectivity index (χ0n) is 16.8. The maximum absolute atomic E-state index is 13.3. The molecule has 0 N–H and O–H groups in total. The highest BCUT2D eigenvalue weighted by atomic mass is 32.2. The molecule has 5 nitrogen and oxygen atoms in total. The SMILES string of the molecule is C=CCn1c(SCC(=O)N(C)CCCC)nc2scc(-c3ccccc3)c2c1=O. The first kappa shape index (κ1) is 21.3. The summed E-state index contributed by atoms with van der Waals surface area (Å²) in [6, 6.07) is 9.85. The average molecular weight is 428 g/mol. The van der Waals surface area contributed by atoms with Crippen LogP contribution in [0, 0.1) is 0 Å². The highest BCUT2D eigenvalue weighted by Crippen LogP contribution is 2.32. The number of carbonyl (C=O) groups is 1.